The Labute approximate surface area is 81.2 Å². The number of hydrogen-bond acceptors (Lipinski definition) is 2. The summed E-state index contributed by atoms with van der Waals surface area (Å²) in [6.07, 6.45) is 5.99. The Morgan fingerprint density at radius 3 is 2.85 bits per heavy atom. The quantitative estimate of drug-likeness (QED) is 0.604. The molecule has 0 aromatic heterocycles. The molecule has 2 aliphatic heterocycles. The molecule has 13 heavy (non-hydrogen) atoms. The molecule has 2 nitrogen and oxygen atoms in total. The maximum absolute atomic E-state index is 2.62. The Morgan fingerprint density at radius 2 is 2.15 bits per heavy atom. The van der Waals surface area contributed by atoms with Gasteiger partial charge in [-0.3, -0.25) is 4.90 Å². The van der Waals surface area contributed by atoms with E-state index in [0.29, 0.717) is 6.04 Å². The van der Waals surface area contributed by atoms with Crippen LogP contribution < -0.4 is 0 Å². The Kier molecular flexibility index (Phi) is 2.33. The standard InChI is InChI=1S/C11H20N2/c1-9(2)13-7-4-10-8-12(3)6-5-11(10)13/h5-6,9-11H,4,7-8H2,1-3H3/t10-,11-/m0/s1. The second-order valence-electron chi connectivity index (χ2n) is 4.65. The van der Waals surface area contributed by atoms with Crippen LogP contribution >= 0.6 is 0 Å². The average Bonchev–Trinajstić information content (AvgIpc) is 2.46. The smallest absolute Gasteiger partial charge is 0.0343 e. The number of hydrogen-bond donors (Lipinski definition) is 0. The first-order chi connectivity index (χ1) is 6.18. The van der Waals surface area contributed by atoms with Crippen molar-refractivity contribution in [2.75, 3.05) is 20.1 Å². The molecule has 0 unspecified atom stereocenters. The van der Waals surface area contributed by atoms with Gasteiger partial charge in [-0.2, -0.15) is 0 Å². The van der Waals surface area contributed by atoms with Crippen LogP contribution in [0.4, 0.5) is 0 Å². The Hall–Kier alpha value is -0.500. The SMILES string of the molecule is CC(C)N1CC[C@H]2CN(C)C=C[C@@H]21. The van der Waals surface area contributed by atoms with Gasteiger partial charge in [0.05, 0.1) is 0 Å². The first-order valence-corrected chi connectivity index (χ1v) is 5.33. The van der Waals surface area contributed by atoms with Gasteiger partial charge in [0.15, 0.2) is 0 Å². The second-order valence-corrected chi connectivity index (χ2v) is 4.65. The van der Waals surface area contributed by atoms with Crippen LogP contribution in [0.2, 0.25) is 0 Å². The summed E-state index contributed by atoms with van der Waals surface area (Å²) in [5, 5.41) is 0. The lowest BCUT2D eigenvalue weighted by molar-refractivity contribution is 0.192. The van der Waals surface area contributed by atoms with Crippen molar-refractivity contribution in [2.24, 2.45) is 5.92 Å². The maximum Gasteiger partial charge on any atom is 0.0343 e. The molecule has 0 bridgehead atoms. The zero-order chi connectivity index (χ0) is 9.42. The highest BCUT2D eigenvalue weighted by atomic mass is 15.2. The van der Waals surface area contributed by atoms with Gasteiger partial charge in [-0.05, 0) is 38.9 Å². The second kappa shape index (κ2) is 3.33. The van der Waals surface area contributed by atoms with Crippen LogP contribution in [0.25, 0.3) is 0 Å². The number of nitrogens with zero attached hydrogens (tertiary/aromatic N) is 2. The van der Waals surface area contributed by atoms with E-state index in [1.807, 2.05) is 0 Å². The average molecular weight is 180 g/mol. The van der Waals surface area contributed by atoms with E-state index in [9.17, 15) is 0 Å². The first-order valence-electron chi connectivity index (χ1n) is 5.33. The number of likely N-dealkylation sites (tertiary alicyclic amines) is 1. The van der Waals surface area contributed by atoms with Gasteiger partial charge < -0.3 is 4.90 Å². The number of fused-ring (bicyclic) bond motifs is 1. The summed E-state index contributed by atoms with van der Waals surface area (Å²) >= 11 is 0. The molecular weight excluding hydrogens is 160 g/mol. The monoisotopic (exact) mass is 180 g/mol. The lowest BCUT2D eigenvalue weighted by atomic mass is 9.97. The van der Waals surface area contributed by atoms with Crippen molar-refractivity contribution >= 4 is 0 Å². The normalized spacial score (nSPS) is 34.3. The molecule has 1 fully saturated rings. The molecule has 0 aromatic carbocycles. The van der Waals surface area contributed by atoms with Crippen LogP contribution in [0, 0.1) is 5.92 Å². The third kappa shape index (κ3) is 1.60. The molecule has 0 spiro atoms. The van der Waals surface area contributed by atoms with Crippen molar-refractivity contribution in [2.45, 2.75) is 32.4 Å². The lowest BCUT2D eigenvalue weighted by Gasteiger charge is -2.34. The number of rotatable bonds is 1. The lowest BCUT2D eigenvalue weighted by Crippen LogP contribution is -2.41. The molecule has 2 atom stereocenters. The van der Waals surface area contributed by atoms with Crippen LogP contribution in [-0.2, 0) is 0 Å². The van der Waals surface area contributed by atoms with Crippen molar-refractivity contribution in [3.63, 3.8) is 0 Å². The van der Waals surface area contributed by atoms with E-state index in [2.05, 4.69) is 43.0 Å². The van der Waals surface area contributed by atoms with Gasteiger partial charge in [-0.1, -0.05) is 6.08 Å². The van der Waals surface area contributed by atoms with E-state index in [1.54, 1.807) is 0 Å². The summed E-state index contributed by atoms with van der Waals surface area (Å²) in [7, 11) is 2.17. The van der Waals surface area contributed by atoms with Gasteiger partial charge >= 0.3 is 0 Å². The van der Waals surface area contributed by atoms with Crippen molar-refractivity contribution in [1.82, 2.24) is 9.80 Å². The van der Waals surface area contributed by atoms with Crippen LogP contribution in [0.15, 0.2) is 12.3 Å². The fourth-order valence-electron chi connectivity index (χ4n) is 2.64. The van der Waals surface area contributed by atoms with E-state index in [0.717, 1.165) is 12.0 Å². The molecule has 1 saturated heterocycles. The summed E-state index contributed by atoms with van der Waals surface area (Å²) in [6.45, 7) is 7.12. The van der Waals surface area contributed by atoms with Gasteiger partial charge in [-0.15, -0.1) is 0 Å². The fraction of sp³-hybridized carbons (Fsp3) is 0.818. The summed E-state index contributed by atoms with van der Waals surface area (Å²) in [4.78, 5) is 4.93. The molecule has 2 heteroatoms. The van der Waals surface area contributed by atoms with Gasteiger partial charge in [-0.25, -0.2) is 0 Å². The zero-order valence-electron chi connectivity index (χ0n) is 8.90. The van der Waals surface area contributed by atoms with E-state index < -0.39 is 0 Å². The van der Waals surface area contributed by atoms with Crippen LogP contribution in [-0.4, -0.2) is 42.0 Å². The highest BCUT2D eigenvalue weighted by Crippen LogP contribution is 2.30. The van der Waals surface area contributed by atoms with Crippen LogP contribution in [0.1, 0.15) is 20.3 Å². The maximum atomic E-state index is 2.62. The van der Waals surface area contributed by atoms with E-state index in [1.165, 1.54) is 19.5 Å². The minimum atomic E-state index is 0.697. The largest absolute Gasteiger partial charge is 0.380 e. The topological polar surface area (TPSA) is 6.48 Å². The summed E-state index contributed by atoms with van der Waals surface area (Å²) < 4.78 is 0. The summed E-state index contributed by atoms with van der Waals surface area (Å²) in [5.74, 6) is 0.873. The van der Waals surface area contributed by atoms with E-state index >= 15 is 0 Å². The zero-order valence-corrected chi connectivity index (χ0v) is 8.90. The molecule has 2 heterocycles. The van der Waals surface area contributed by atoms with Gasteiger partial charge in [0.1, 0.15) is 0 Å². The minimum Gasteiger partial charge on any atom is -0.380 e. The summed E-state index contributed by atoms with van der Waals surface area (Å²) in [5.41, 5.74) is 0. The fourth-order valence-corrected chi connectivity index (χ4v) is 2.64. The van der Waals surface area contributed by atoms with E-state index in [4.69, 9.17) is 0 Å². The molecule has 2 rings (SSSR count). The Balaban J connectivity index is 2.10. The van der Waals surface area contributed by atoms with Gasteiger partial charge in [0.25, 0.3) is 0 Å². The van der Waals surface area contributed by atoms with Crippen LogP contribution in [0.3, 0.4) is 0 Å². The third-order valence-electron chi connectivity index (χ3n) is 3.35. The molecule has 74 valence electrons. The van der Waals surface area contributed by atoms with Crippen LogP contribution in [0.5, 0.6) is 0 Å². The molecule has 2 aliphatic rings. The van der Waals surface area contributed by atoms with Crippen molar-refractivity contribution < 1.29 is 0 Å². The molecule has 0 aliphatic carbocycles. The Bertz CT molecular complexity index is 210. The van der Waals surface area contributed by atoms with Gasteiger partial charge in [0, 0.05) is 25.7 Å². The highest BCUT2D eigenvalue weighted by Gasteiger charge is 2.35. The molecule has 0 amide bonds. The molecule has 0 saturated carbocycles. The van der Waals surface area contributed by atoms with Gasteiger partial charge in [0.2, 0.25) is 0 Å². The van der Waals surface area contributed by atoms with Crippen molar-refractivity contribution in [3.05, 3.63) is 12.3 Å². The van der Waals surface area contributed by atoms with E-state index in [-0.39, 0.29) is 0 Å². The summed E-state index contributed by atoms with van der Waals surface area (Å²) in [6, 6.07) is 1.42. The van der Waals surface area contributed by atoms with Crippen molar-refractivity contribution in [3.8, 4) is 0 Å². The predicted molar refractivity (Wildman–Crippen MR) is 55.5 cm³/mol. The molecule has 0 aromatic rings. The third-order valence-corrected chi connectivity index (χ3v) is 3.35. The van der Waals surface area contributed by atoms with Crippen molar-refractivity contribution in [1.29, 1.82) is 0 Å². The first kappa shape index (κ1) is 9.07. The molecular formula is C11H20N2. The Morgan fingerprint density at radius 1 is 1.38 bits per heavy atom. The predicted octanol–water partition coefficient (Wildman–Crippen LogP) is 1.54. The molecule has 0 N–H and O–H groups in total. The molecule has 0 radical (unpaired) electrons. The highest BCUT2D eigenvalue weighted by molar-refractivity contribution is 5.06. The minimum absolute atomic E-state index is 0.697.